The first-order valence-electron chi connectivity index (χ1n) is 19.9. The summed E-state index contributed by atoms with van der Waals surface area (Å²) in [6.07, 6.45) is 0. The van der Waals surface area contributed by atoms with E-state index in [0.717, 1.165) is 0 Å². The first-order valence-corrected chi connectivity index (χ1v) is 19.9. The maximum atomic E-state index is 2.49. The van der Waals surface area contributed by atoms with Gasteiger partial charge in [-0.1, -0.05) is 185 Å². The highest BCUT2D eigenvalue weighted by Crippen LogP contribution is 2.53. The molecule has 0 saturated heterocycles. The molecule has 2 aliphatic carbocycles. The Bertz CT molecular complexity index is 3060. The molecule has 0 bridgehead atoms. The van der Waals surface area contributed by atoms with E-state index in [9.17, 15) is 0 Å². The largest absolute Gasteiger partial charge is 0.0622 e. The Hall–Kier alpha value is -6.50. The van der Waals surface area contributed by atoms with Gasteiger partial charge in [0.1, 0.15) is 0 Å². The van der Waals surface area contributed by atoms with E-state index in [0.29, 0.717) is 0 Å². The SMILES string of the molecule is CC1(C)c2ccccc2-c2ccc(-c3cccc(-c4c5ccccc5c(-c5ccc6c(c5)C(C)(C)c5ccccc5-6)c5cc(-c6ccccc6)ccc45)c3)cc21. The van der Waals surface area contributed by atoms with E-state index in [1.807, 2.05) is 0 Å². The Kier molecular flexibility index (Phi) is 7.05. The van der Waals surface area contributed by atoms with Gasteiger partial charge in [-0.25, -0.2) is 0 Å². The van der Waals surface area contributed by atoms with Gasteiger partial charge in [-0.2, -0.15) is 0 Å². The molecule has 9 aromatic carbocycles. The molecule has 0 aromatic heterocycles. The third-order valence-corrected chi connectivity index (χ3v) is 13.1. The minimum Gasteiger partial charge on any atom is -0.0622 e. The zero-order valence-corrected chi connectivity index (χ0v) is 32.3. The Morgan fingerprint density at radius 1 is 0.250 bits per heavy atom. The summed E-state index contributed by atoms with van der Waals surface area (Å²) in [5.74, 6) is 0. The number of fused-ring (bicyclic) bond motifs is 8. The highest BCUT2D eigenvalue weighted by atomic mass is 14.4. The average molecular weight is 715 g/mol. The zero-order chi connectivity index (χ0) is 37.8. The fraction of sp³-hybridized carbons (Fsp3) is 0.107. The first-order chi connectivity index (χ1) is 27.3. The van der Waals surface area contributed by atoms with Crippen LogP contribution in [-0.4, -0.2) is 0 Å². The number of hydrogen-bond acceptors (Lipinski definition) is 0. The molecule has 0 radical (unpaired) electrons. The van der Waals surface area contributed by atoms with Crippen LogP contribution in [0, 0.1) is 0 Å². The molecular formula is C56H42. The minimum atomic E-state index is -0.0846. The average Bonchev–Trinajstić information content (AvgIpc) is 3.61. The molecule has 0 heteroatoms. The molecule has 0 fully saturated rings. The minimum absolute atomic E-state index is 0.0478. The van der Waals surface area contributed by atoms with Gasteiger partial charge in [0.05, 0.1) is 0 Å². The lowest BCUT2D eigenvalue weighted by molar-refractivity contribution is 0.660. The van der Waals surface area contributed by atoms with Crippen LogP contribution >= 0.6 is 0 Å². The van der Waals surface area contributed by atoms with E-state index < -0.39 is 0 Å². The molecule has 0 saturated carbocycles. The van der Waals surface area contributed by atoms with Crippen molar-refractivity contribution in [3.05, 3.63) is 204 Å². The van der Waals surface area contributed by atoms with Crippen LogP contribution in [0.4, 0.5) is 0 Å². The van der Waals surface area contributed by atoms with E-state index in [2.05, 4.69) is 210 Å². The molecule has 0 aliphatic heterocycles. The van der Waals surface area contributed by atoms with Crippen LogP contribution in [0.3, 0.4) is 0 Å². The van der Waals surface area contributed by atoms with Gasteiger partial charge in [0, 0.05) is 10.8 Å². The Morgan fingerprint density at radius 3 is 1.32 bits per heavy atom. The molecule has 0 spiro atoms. The van der Waals surface area contributed by atoms with E-state index in [1.165, 1.54) is 111 Å². The molecule has 0 amide bonds. The van der Waals surface area contributed by atoms with E-state index in [4.69, 9.17) is 0 Å². The Morgan fingerprint density at radius 2 is 0.661 bits per heavy atom. The zero-order valence-electron chi connectivity index (χ0n) is 32.3. The molecule has 0 unspecified atom stereocenters. The van der Waals surface area contributed by atoms with Gasteiger partial charge in [-0.05, 0) is 135 Å². The third kappa shape index (κ3) is 4.72. The second-order valence-corrected chi connectivity index (χ2v) is 16.9. The van der Waals surface area contributed by atoms with E-state index >= 15 is 0 Å². The van der Waals surface area contributed by atoms with Crippen LogP contribution in [-0.2, 0) is 10.8 Å². The van der Waals surface area contributed by atoms with E-state index in [-0.39, 0.29) is 10.8 Å². The van der Waals surface area contributed by atoms with Gasteiger partial charge in [-0.3, -0.25) is 0 Å². The van der Waals surface area contributed by atoms with E-state index in [1.54, 1.807) is 0 Å². The molecule has 0 atom stereocenters. The maximum Gasteiger partial charge on any atom is 0.0159 e. The Labute approximate surface area is 329 Å². The van der Waals surface area contributed by atoms with Crippen LogP contribution in [0.2, 0.25) is 0 Å². The van der Waals surface area contributed by atoms with Crippen molar-refractivity contribution in [3.8, 4) is 66.8 Å². The molecule has 11 rings (SSSR count). The van der Waals surface area contributed by atoms with Crippen LogP contribution in [0.5, 0.6) is 0 Å². The highest BCUT2D eigenvalue weighted by molar-refractivity contribution is 6.22. The lowest BCUT2D eigenvalue weighted by Crippen LogP contribution is -2.14. The summed E-state index contributed by atoms with van der Waals surface area (Å²) in [5, 5.41) is 5.09. The standard InChI is InChI=1S/C56H42/c1-55(2)49-23-12-10-19-41(49)43-28-25-38(33-51(43)55)36-17-14-18-39(31-36)53-45-21-8-9-22-46(45)54(48-32-37(26-30-47(48)53)35-15-6-5-7-16-35)40-27-29-44-42-20-11-13-24-50(42)56(3,4)52(44)34-40/h5-34H,1-4H3. The van der Waals surface area contributed by atoms with Crippen molar-refractivity contribution in [1.29, 1.82) is 0 Å². The lowest BCUT2D eigenvalue weighted by atomic mass is 9.80. The van der Waals surface area contributed by atoms with Crippen LogP contribution < -0.4 is 0 Å². The van der Waals surface area contributed by atoms with Crippen molar-refractivity contribution in [2.45, 2.75) is 38.5 Å². The topological polar surface area (TPSA) is 0 Å². The summed E-state index contributed by atoms with van der Waals surface area (Å²) in [7, 11) is 0. The third-order valence-electron chi connectivity index (χ3n) is 13.1. The smallest absolute Gasteiger partial charge is 0.0159 e. The number of rotatable bonds is 4. The summed E-state index contributed by atoms with van der Waals surface area (Å²) in [4.78, 5) is 0. The molecule has 0 heterocycles. The second-order valence-electron chi connectivity index (χ2n) is 16.9. The fourth-order valence-electron chi connectivity index (χ4n) is 10.2. The van der Waals surface area contributed by atoms with Crippen LogP contribution in [0.1, 0.15) is 49.9 Å². The predicted octanol–water partition coefficient (Wildman–Crippen LogP) is 15.3. The molecule has 266 valence electrons. The van der Waals surface area contributed by atoms with Gasteiger partial charge in [-0.15, -0.1) is 0 Å². The van der Waals surface area contributed by atoms with Crippen molar-refractivity contribution >= 4 is 21.5 Å². The molecule has 0 N–H and O–H groups in total. The van der Waals surface area contributed by atoms with Crippen molar-refractivity contribution in [2.24, 2.45) is 0 Å². The van der Waals surface area contributed by atoms with Crippen molar-refractivity contribution in [1.82, 2.24) is 0 Å². The summed E-state index contributed by atoms with van der Waals surface area (Å²) >= 11 is 0. The van der Waals surface area contributed by atoms with Gasteiger partial charge in [0.2, 0.25) is 0 Å². The molecule has 0 nitrogen and oxygen atoms in total. The second kappa shape index (κ2) is 12.0. The lowest BCUT2D eigenvalue weighted by Gasteiger charge is -2.23. The van der Waals surface area contributed by atoms with Gasteiger partial charge < -0.3 is 0 Å². The summed E-state index contributed by atoms with van der Waals surface area (Å²) in [6.45, 7) is 9.48. The summed E-state index contributed by atoms with van der Waals surface area (Å²) in [6, 6.07) is 68.4. The predicted molar refractivity (Wildman–Crippen MR) is 238 cm³/mol. The van der Waals surface area contributed by atoms with Crippen molar-refractivity contribution in [3.63, 3.8) is 0 Å². The maximum absolute atomic E-state index is 2.49. The van der Waals surface area contributed by atoms with Crippen molar-refractivity contribution in [2.75, 3.05) is 0 Å². The molecule has 9 aromatic rings. The van der Waals surface area contributed by atoms with Gasteiger partial charge in [0.15, 0.2) is 0 Å². The van der Waals surface area contributed by atoms with Gasteiger partial charge >= 0.3 is 0 Å². The summed E-state index contributed by atoms with van der Waals surface area (Å²) < 4.78 is 0. The number of benzene rings is 9. The molecule has 2 aliphatic rings. The highest BCUT2D eigenvalue weighted by Gasteiger charge is 2.36. The van der Waals surface area contributed by atoms with Crippen LogP contribution in [0.15, 0.2) is 182 Å². The van der Waals surface area contributed by atoms with Gasteiger partial charge in [0.25, 0.3) is 0 Å². The van der Waals surface area contributed by atoms with Crippen LogP contribution in [0.25, 0.3) is 88.3 Å². The first kappa shape index (κ1) is 32.9. The normalized spacial score (nSPS) is 14.4. The van der Waals surface area contributed by atoms with Crippen molar-refractivity contribution < 1.29 is 0 Å². The molecular weight excluding hydrogens is 673 g/mol. The Balaban J connectivity index is 1.14. The summed E-state index contributed by atoms with van der Waals surface area (Å²) in [5.41, 5.74) is 20.9. The monoisotopic (exact) mass is 714 g/mol. The fourth-order valence-corrected chi connectivity index (χ4v) is 10.2. The quantitative estimate of drug-likeness (QED) is 0.159. The molecule has 56 heavy (non-hydrogen) atoms. The number of hydrogen-bond donors (Lipinski definition) is 0.